The van der Waals surface area contributed by atoms with Gasteiger partial charge in [-0.3, -0.25) is 4.90 Å². The van der Waals surface area contributed by atoms with Gasteiger partial charge in [0, 0.05) is 41.2 Å². The van der Waals surface area contributed by atoms with Gasteiger partial charge in [-0.15, -0.1) is 0 Å². The lowest BCUT2D eigenvalue weighted by Crippen LogP contribution is -2.30. The molecule has 3 aromatic heterocycles. The molecule has 1 aromatic carbocycles. The van der Waals surface area contributed by atoms with Crippen LogP contribution >= 0.6 is 0 Å². The van der Waals surface area contributed by atoms with E-state index in [2.05, 4.69) is 38.9 Å². The van der Waals surface area contributed by atoms with Crippen molar-refractivity contribution in [2.24, 2.45) is 0 Å². The lowest BCUT2D eigenvalue weighted by Gasteiger charge is -2.28. The number of aromatic hydroxyl groups is 1. The number of nitrogens with two attached hydrogens (primary N) is 1. The normalized spacial score (nSPS) is 14.7. The maximum atomic E-state index is 10.6. The molecule has 0 unspecified atom stereocenters. The highest BCUT2D eigenvalue weighted by molar-refractivity contribution is 6.07. The summed E-state index contributed by atoms with van der Waals surface area (Å²) in [4.78, 5) is 14.3. The zero-order valence-corrected chi connectivity index (χ0v) is 15.2. The van der Waals surface area contributed by atoms with Crippen LogP contribution in [0.15, 0.2) is 36.7 Å². The van der Waals surface area contributed by atoms with Gasteiger partial charge in [-0.25, -0.2) is 9.97 Å². The first-order valence-corrected chi connectivity index (χ1v) is 9.23. The van der Waals surface area contributed by atoms with Crippen LogP contribution in [0, 0.1) is 0 Å². The zero-order valence-electron chi connectivity index (χ0n) is 15.2. The number of nitrogen functional groups attached to an aromatic ring is 1. The largest absolute Gasteiger partial charge is 0.508 e. The van der Waals surface area contributed by atoms with Gasteiger partial charge >= 0.3 is 0 Å². The molecule has 1 aliphatic heterocycles. The summed E-state index contributed by atoms with van der Waals surface area (Å²) < 4.78 is 0. The van der Waals surface area contributed by atoms with Crippen molar-refractivity contribution in [3.63, 3.8) is 0 Å². The van der Waals surface area contributed by atoms with E-state index in [4.69, 9.17) is 5.73 Å². The van der Waals surface area contributed by atoms with E-state index < -0.39 is 0 Å². The third kappa shape index (κ3) is 2.61. The Balaban J connectivity index is 1.64. The van der Waals surface area contributed by atoms with E-state index in [0.717, 1.165) is 64.7 Å². The van der Waals surface area contributed by atoms with Crippen molar-refractivity contribution in [3.8, 4) is 16.9 Å². The minimum absolute atomic E-state index is 0.369. The molecule has 0 spiro atoms. The maximum absolute atomic E-state index is 10.6. The summed E-state index contributed by atoms with van der Waals surface area (Å²) in [5.74, 6) is 0.855. The zero-order chi connectivity index (χ0) is 18.5. The van der Waals surface area contributed by atoms with Crippen LogP contribution in [0.25, 0.3) is 33.1 Å². The molecule has 1 aliphatic rings. The van der Waals surface area contributed by atoms with Crippen LogP contribution in [-0.2, 0) is 13.0 Å². The van der Waals surface area contributed by atoms with Gasteiger partial charge in [-0.05, 0) is 42.3 Å². The van der Waals surface area contributed by atoms with Gasteiger partial charge in [0.1, 0.15) is 17.2 Å². The Labute approximate surface area is 156 Å². The minimum atomic E-state index is 0.369. The van der Waals surface area contributed by atoms with Crippen LogP contribution < -0.4 is 5.73 Å². The number of phenolic OH excluding ortho intramolecular Hbond substituents is 1. The second-order valence-electron chi connectivity index (χ2n) is 7.15. The molecule has 0 radical (unpaired) electrons. The van der Waals surface area contributed by atoms with E-state index in [0.29, 0.717) is 11.6 Å². The fourth-order valence-electron chi connectivity index (χ4n) is 3.99. The maximum Gasteiger partial charge on any atom is 0.138 e. The van der Waals surface area contributed by atoms with E-state index in [1.807, 2.05) is 18.3 Å². The Morgan fingerprint density at radius 2 is 2.00 bits per heavy atom. The van der Waals surface area contributed by atoms with E-state index in [9.17, 15) is 5.11 Å². The van der Waals surface area contributed by atoms with E-state index in [1.54, 1.807) is 6.20 Å². The second kappa shape index (κ2) is 5.96. The number of H-pyrrole nitrogens is 1. The molecule has 0 saturated carbocycles. The van der Waals surface area contributed by atoms with Crippen LogP contribution in [0.1, 0.15) is 18.1 Å². The van der Waals surface area contributed by atoms with Gasteiger partial charge in [0.25, 0.3) is 0 Å². The Bertz CT molecular complexity index is 1180. The topological polar surface area (TPSA) is 91.1 Å². The molecule has 4 heterocycles. The number of nitrogens with zero attached hydrogens (tertiary/aromatic N) is 3. The number of aromatic nitrogens is 3. The predicted molar refractivity (Wildman–Crippen MR) is 108 cm³/mol. The number of likely N-dealkylation sites (N-methyl/N-ethyl adjacent to an activating group) is 1. The van der Waals surface area contributed by atoms with E-state index >= 15 is 0 Å². The van der Waals surface area contributed by atoms with Crippen molar-refractivity contribution >= 4 is 27.8 Å². The number of nitrogens with one attached hydrogen (secondary N) is 1. The second-order valence-corrected chi connectivity index (χ2v) is 7.15. The quantitative estimate of drug-likeness (QED) is 0.510. The smallest absolute Gasteiger partial charge is 0.138 e. The first-order chi connectivity index (χ1) is 13.1. The summed E-state index contributed by atoms with van der Waals surface area (Å²) in [6.07, 6.45) is 4.53. The molecule has 0 fully saturated rings. The van der Waals surface area contributed by atoms with Crippen molar-refractivity contribution in [1.29, 1.82) is 0 Å². The van der Waals surface area contributed by atoms with Gasteiger partial charge in [0.05, 0.1) is 11.7 Å². The van der Waals surface area contributed by atoms with Crippen LogP contribution in [0.5, 0.6) is 5.75 Å². The first kappa shape index (κ1) is 16.1. The van der Waals surface area contributed by atoms with Crippen molar-refractivity contribution in [2.75, 3.05) is 18.8 Å². The van der Waals surface area contributed by atoms with Crippen LogP contribution in [0.4, 0.5) is 5.82 Å². The van der Waals surface area contributed by atoms with E-state index in [1.165, 1.54) is 5.56 Å². The third-order valence-electron chi connectivity index (χ3n) is 5.53. The first-order valence-electron chi connectivity index (χ1n) is 9.23. The number of pyridine rings is 2. The predicted octanol–water partition coefficient (Wildman–Crippen LogP) is 3.44. The highest BCUT2D eigenvalue weighted by Crippen LogP contribution is 2.35. The average Bonchev–Trinajstić information content (AvgIpc) is 3.04. The van der Waals surface area contributed by atoms with Crippen LogP contribution in [0.3, 0.4) is 0 Å². The van der Waals surface area contributed by atoms with Crippen molar-refractivity contribution < 1.29 is 5.11 Å². The van der Waals surface area contributed by atoms with Crippen molar-refractivity contribution in [1.82, 2.24) is 19.9 Å². The molecule has 6 heteroatoms. The summed E-state index contributed by atoms with van der Waals surface area (Å²) in [5, 5.41) is 12.6. The molecular weight excluding hydrogens is 338 g/mol. The molecule has 4 aromatic rings. The third-order valence-corrected chi connectivity index (χ3v) is 5.53. The Hall–Kier alpha value is -3.12. The molecule has 0 bridgehead atoms. The average molecular weight is 359 g/mol. The molecule has 27 heavy (non-hydrogen) atoms. The molecule has 0 amide bonds. The number of benzene rings is 1. The summed E-state index contributed by atoms with van der Waals surface area (Å²) in [6, 6.07) is 8.01. The molecule has 5 rings (SSSR count). The van der Waals surface area contributed by atoms with Crippen LogP contribution in [-0.4, -0.2) is 38.0 Å². The minimum Gasteiger partial charge on any atom is -0.508 e. The molecule has 0 atom stereocenters. The Kier molecular flexibility index (Phi) is 3.55. The number of hydrogen-bond donors (Lipinski definition) is 3. The lowest BCUT2D eigenvalue weighted by atomic mass is 9.94. The van der Waals surface area contributed by atoms with Gasteiger partial charge in [0.2, 0.25) is 0 Å². The summed E-state index contributed by atoms with van der Waals surface area (Å²) in [5.41, 5.74) is 11.8. The SMILES string of the molecule is CCN1CCc2cc(-c3cnc4[nH]c5cnc(N)cc5c4c3)cc(O)c2C1. The number of phenols is 1. The number of rotatable bonds is 2. The number of aromatic amines is 1. The molecule has 136 valence electrons. The fourth-order valence-corrected chi connectivity index (χ4v) is 3.99. The van der Waals surface area contributed by atoms with Gasteiger partial charge in [0.15, 0.2) is 0 Å². The van der Waals surface area contributed by atoms with Crippen molar-refractivity contribution in [2.45, 2.75) is 19.9 Å². The fraction of sp³-hybridized carbons (Fsp3) is 0.238. The van der Waals surface area contributed by atoms with Gasteiger partial charge in [-0.2, -0.15) is 0 Å². The molecule has 0 saturated heterocycles. The Morgan fingerprint density at radius 1 is 1.11 bits per heavy atom. The monoisotopic (exact) mass is 359 g/mol. The van der Waals surface area contributed by atoms with Crippen molar-refractivity contribution in [3.05, 3.63) is 47.8 Å². The van der Waals surface area contributed by atoms with Gasteiger partial charge < -0.3 is 15.8 Å². The molecular formula is C21H21N5O. The number of anilines is 1. The molecule has 4 N–H and O–H groups in total. The summed E-state index contributed by atoms with van der Waals surface area (Å²) in [6.45, 7) is 4.99. The van der Waals surface area contributed by atoms with Crippen LogP contribution in [0.2, 0.25) is 0 Å². The highest BCUT2D eigenvalue weighted by atomic mass is 16.3. The van der Waals surface area contributed by atoms with E-state index in [-0.39, 0.29) is 0 Å². The summed E-state index contributed by atoms with van der Waals surface area (Å²) in [7, 11) is 0. The standard InChI is InChI=1S/C21H21N5O/c1-2-26-4-3-12-5-13(7-19(27)17(12)11-26)14-6-16-15-8-20(22)23-10-18(15)25-21(16)24-9-14/h5-10,27H,2-4,11H2,1H3,(H2,22,23)(H,24,25). The lowest BCUT2D eigenvalue weighted by molar-refractivity contribution is 0.263. The highest BCUT2D eigenvalue weighted by Gasteiger charge is 2.19. The molecule has 6 nitrogen and oxygen atoms in total. The summed E-state index contributed by atoms with van der Waals surface area (Å²) >= 11 is 0. The molecule has 0 aliphatic carbocycles. The number of hydrogen-bond acceptors (Lipinski definition) is 5. The Morgan fingerprint density at radius 3 is 2.85 bits per heavy atom. The van der Waals surface area contributed by atoms with Gasteiger partial charge in [-0.1, -0.05) is 13.0 Å². The number of fused-ring (bicyclic) bond motifs is 4.